The first-order valence-electron chi connectivity index (χ1n) is 12.8. The molecule has 1 heterocycles. The Bertz CT molecular complexity index is 1160. The van der Waals surface area contributed by atoms with Gasteiger partial charge in [0.1, 0.15) is 0 Å². The van der Waals surface area contributed by atoms with Crippen LogP contribution in [-0.4, -0.2) is 38.1 Å². The standard InChI is InChI=1S/C30H35N3O3/c1-2-36-20-8-18-31-30(35)27-21-26(32-29(34)16-13-23-9-4-3-5-10-23)14-15-28(27)33-19-17-24-11-6-7-12-25(24)22-33/h3-7,9-12,14-15,21H,2,8,13,16-20,22H2,1H3,(H,31,35)(H,32,34). The first-order valence-corrected chi connectivity index (χ1v) is 12.8. The van der Waals surface area contributed by atoms with Gasteiger partial charge in [0, 0.05) is 50.6 Å². The van der Waals surface area contributed by atoms with Gasteiger partial charge in [-0.2, -0.15) is 0 Å². The van der Waals surface area contributed by atoms with Crippen LogP contribution in [0, 0.1) is 0 Å². The quantitative estimate of drug-likeness (QED) is 0.376. The molecular formula is C30H35N3O3. The molecule has 0 unspecified atom stereocenters. The number of hydrogen-bond acceptors (Lipinski definition) is 4. The molecule has 0 aromatic heterocycles. The minimum Gasteiger partial charge on any atom is -0.382 e. The Morgan fingerprint density at radius 1 is 0.972 bits per heavy atom. The number of fused-ring (bicyclic) bond motifs is 1. The van der Waals surface area contributed by atoms with Crippen molar-refractivity contribution in [1.29, 1.82) is 0 Å². The van der Waals surface area contributed by atoms with Crippen LogP contribution >= 0.6 is 0 Å². The van der Waals surface area contributed by atoms with Crippen LogP contribution in [0.4, 0.5) is 11.4 Å². The zero-order valence-corrected chi connectivity index (χ0v) is 21.0. The molecule has 0 aliphatic carbocycles. The van der Waals surface area contributed by atoms with Gasteiger partial charge in [0.05, 0.1) is 5.56 Å². The molecule has 4 rings (SSSR count). The van der Waals surface area contributed by atoms with E-state index in [2.05, 4.69) is 39.8 Å². The summed E-state index contributed by atoms with van der Waals surface area (Å²) < 4.78 is 5.38. The van der Waals surface area contributed by atoms with Crippen LogP contribution in [0.1, 0.15) is 46.8 Å². The van der Waals surface area contributed by atoms with Gasteiger partial charge in [-0.3, -0.25) is 9.59 Å². The Kier molecular flexibility index (Phi) is 9.11. The second-order valence-corrected chi connectivity index (χ2v) is 9.01. The van der Waals surface area contributed by atoms with E-state index in [0.29, 0.717) is 43.9 Å². The smallest absolute Gasteiger partial charge is 0.253 e. The summed E-state index contributed by atoms with van der Waals surface area (Å²) in [6.07, 6.45) is 2.74. The highest BCUT2D eigenvalue weighted by molar-refractivity contribution is 6.02. The van der Waals surface area contributed by atoms with E-state index in [0.717, 1.165) is 37.2 Å². The number of amides is 2. The molecule has 6 nitrogen and oxygen atoms in total. The number of nitrogens with one attached hydrogen (secondary N) is 2. The summed E-state index contributed by atoms with van der Waals surface area (Å²) >= 11 is 0. The molecule has 188 valence electrons. The van der Waals surface area contributed by atoms with Crippen LogP contribution in [0.15, 0.2) is 72.8 Å². The van der Waals surface area contributed by atoms with E-state index in [9.17, 15) is 9.59 Å². The van der Waals surface area contributed by atoms with E-state index in [1.54, 1.807) is 6.07 Å². The second-order valence-electron chi connectivity index (χ2n) is 9.01. The topological polar surface area (TPSA) is 70.7 Å². The minimum atomic E-state index is -0.138. The average molecular weight is 486 g/mol. The number of carbonyl (C=O) groups is 2. The van der Waals surface area contributed by atoms with E-state index >= 15 is 0 Å². The molecule has 36 heavy (non-hydrogen) atoms. The number of ether oxygens (including phenoxy) is 1. The van der Waals surface area contributed by atoms with Crippen LogP contribution in [0.5, 0.6) is 0 Å². The number of aryl methyl sites for hydroxylation is 1. The average Bonchev–Trinajstić information content (AvgIpc) is 2.92. The Morgan fingerprint density at radius 3 is 2.56 bits per heavy atom. The highest BCUT2D eigenvalue weighted by Gasteiger charge is 2.22. The molecule has 0 radical (unpaired) electrons. The van der Waals surface area contributed by atoms with Crippen LogP contribution in [-0.2, 0) is 28.9 Å². The molecule has 0 fully saturated rings. The molecule has 0 atom stereocenters. The molecule has 1 aliphatic heterocycles. The Morgan fingerprint density at radius 2 is 1.75 bits per heavy atom. The Hall–Kier alpha value is -3.64. The van der Waals surface area contributed by atoms with Crippen molar-refractivity contribution in [2.24, 2.45) is 0 Å². The fourth-order valence-corrected chi connectivity index (χ4v) is 4.51. The molecule has 6 heteroatoms. The molecule has 1 aliphatic rings. The number of nitrogens with zero attached hydrogens (tertiary/aromatic N) is 1. The highest BCUT2D eigenvalue weighted by atomic mass is 16.5. The highest BCUT2D eigenvalue weighted by Crippen LogP contribution is 2.29. The van der Waals surface area contributed by atoms with Crippen LogP contribution < -0.4 is 15.5 Å². The first-order chi connectivity index (χ1) is 17.6. The maximum atomic E-state index is 13.2. The Balaban J connectivity index is 1.48. The van der Waals surface area contributed by atoms with Gasteiger partial charge in [-0.25, -0.2) is 0 Å². The third-order valence-corrected chi connectivity index (χ3v) is 6.43. The second kappa shape index (κ2) is 12.9. The predicted octanol–water partition coefficient (Wildman–Crippen LogP) is 4.98. The summed E-state index contributed by atoms with van der Waals surface area (Å²) in [5, 5.41) is 6.01. The minimum absolute atomic E-state index is 0.0680. The SMILES string of the molecule is CCOCCCNC(=O)c1cc(NC(=O)CCc2ccccc2)ccc1N1CCc2ccccc2C1. The summed E-state index contributed by atoms with van der Waals surface area (Å²) in [5.74, 6) is -0.206. The van der Waals surface area contributed by atoms with Gasteiger partial charge in [-0.15, -0.1) is 0 Å². The molecule has 0 saturated heterocycles. The van der Waals surface area contributed by atoms with E-state index in [1.165, 1.54) is 11.1 Å². The van der Waals surface area contributed by atoms with Crippen molar-refractivity contribution >= 4 is 23.2 Å². The fraction of sp³-hybridized carbons (Fsp3) is 0.333. The fourth-order valence-electron chi connectivity index (χ4n) is 4.51. The third kappa shape index (κ3) is 6.95. The number of hydrogen-bond donors (Lipinski definition) is 2. The summed E-state index contributed by atoms with van der Waals surface area (Å²) in [7, 11) is 0. The monoisotopic (exact) mass is 485 g/mol. The van der Waals surface area contributed by atoms with Gasteiger partial charge in [0.2, 0.25) is 5.91 Å². The van der Waals surface area contributed by atoms with Crippen molar-refractivity contribution in [2.75, 3.05) is 36.5 Å². The van der Waals surface area contributed by atoms with E-state index in [-0.39, 0.29) is 11.8 Å². The molecule has 3 aromatic carbocycles. The van der Waals surface area contributed by atoms with Crippen LogP contribution in [0.3, 0.4) is 0 Å². The number of anilines is 2. The van der Waals surface area contributed by atoms with Gasteiger partial charge in [0.25, 0.3) is 5.91 Å². The van der Waals surface area contributed by atoms with Gasteiger partial charge in [-0.05, 0) is 61.1 Å². The predicted molar refractivity (Wildman–Crippen MR) is 144 cm³/mol. The summed E-state index contributed by atoms with van der Waals surface area (Å²) in [5.41, 5.74) is 5.86. The van der Waals surface area contributed by atoms with Crippen molar-refractivity contribution in [3.63, 3.8) is 0 Å². The lowest BCUT2D eigenvalue weighted by atomic mass is 9.98. The first kappa shape index (κ1) is 25.5. The molecule has 0 saturated carbocycles. The molecule has 0 spiro atoms. The normalized spacial score (nSPS) is 12.6. The molecule has 2 N–H and O–H groups in total. The van der Waals surface area contributed by atoms with Gasteiger partial charge >= 0.3 is 0 Å². The Labute approximate surface area is 213 Å². The zero-order valence-electron chi connectivity index (χ0n) is 21.0. The zero-order chi connectivity index (χ0) is 25.2. The maximum Gasteiger partial charge on any atom is 0.253 e. The number of rotatable bonds is 11. The van der Waals surface area contributed by atoms with Crippen molar-refractivity contribution in [3.05, 3.63) is 95.1 Å². The van der Waals surface area contributed by atoms with Crippen molar-refractivity contribution < 1.29 is 14.3 Å². The number of benzene rings is 3. The molecular weight excluding hydrogens is 450 g/mol. The summed E-state index contributed by atoms with van der Waals surface area (Å²) in [6.45, 7) is 5.37. The van der Waals surface area contributed by atoms with Crippen molar-refractivity contribution in [3.8, 4) is 0 Å². The number of carbonyl (C=O) groups excluding carboxylic acids is 2. The van der Waals surface area contributed by atoms with Crippen molar-refractivity contribution in [1.82, 2.24) is 5.32 Å². The summed E-state index contributed by atoms with van der Waals surface area (Å²) in [6, 6.07) is 24.1. The van der Waals surface area contributed by atoms with Crippen molar-refractivity contribution in [2.45, 2.75) is 39.2 Å². The maximum absolute atomic E-state index is 13.2. The van der Waals surface area contributed by atoms with Crippen LogP contribution in [0.25, 0.3) is 0 Å². The largest absolute Gasteiger partial charge is 0.382 e. The van der Waals surface area contributed by atoms with E-state index in [1.807, 2.05) is 49.4 Å². The lowest BCUT2D eigenvalue weighted by Crippen LogP contribution is -2.33. The van der Waals surface area contributed by atoms with Gasteiger partial charge in [-0.1, -0.05) is 54.6 Å². The van der Waals surface area contributed by atoms with Gasteiger partial charge in [0.15, 0.2) is 0 Å². The van der Waals surface area contributed by atoms with E-state index < -0.39 is 0 Å². The van der Waals surface area contributed by atoms with Gasteiger partial charge < -0.3 is 20.3 Å². The molecule has 2 amide bonds. The van der Waals surface area contributed by atoms with E-state index in [4.69, 9.17) is 4.74 Å². The van der Waals surface area contributed by atoms with Crippen LogP contribution in [0.2, 0.25) is 0 Å². The molecule has 0 bridgehead atoms. The lowest BCUT2D eigenvalue weighted by Gasteiger charge is -2.32. The summed E-state index contributed by atoms with van der Waals surface area (Å²) in [4.78, 5) is 28.1. The molecule has 3 aromatic rings. The lowest BCUT2D eigenvalue weighted by molar-refractivity contribution is -0.116. The third-order valence-electron chi connectivity index (χ3n) is 6.43.